The summed E-state index contributed by atoms with van der Waals surface area (Å²) < 4.78 is 0. The zero-order valence-corrected chi connectivity index (χ0v) is 12.6. The molecule has 1 fully saturated rings. The molecule has 2 aromatic rings. The molecule has 110 valence electrons. The van der Waals surface area contributed by atoms with Crippen LogP contribution in [0.5, 0.6) is 0 Å². The van der Waals surface area contributed by atoms with Gasteiger partial charge in [0.2, 0.25) is 0 Å². The van der Waals surface area contributed by atoms with Gasteiger partial charge in [-0.05, 0) is 37.1 Å². The molecule has 3 N–H and O–H groups in total. The van der Waals surface area contributed by atoms with E-state index in [1.165, 1.54) is 0 Å². The van der Waals surface area contributed by atoms with Crippen LogP contribution in [0.15, 0.2) is 36.7 Å². The lowest BCUT2D eigenvalue weighted by molar-refractivity contribution is 0.0279. The first-order chi connectivity index (χ1) is 10.1. The molecule has 1 saturated carbocycles. The fourth-order valence-electron chi connectivity index (χ4n) is 2.24. The highest BCUT2D eigenvalue weighted by Crippen LogP contribution is 2.36. The predicted octanol–water partition coefficient (Wildman–Crippen LogP) is 3.16. The van der Waals surface area contributed by atoms with Crippen molar-refractivity contribution in [3.8, 4) is 0 Å². The van der Waals surface area contributed by atoms with Crippen molar-refractivity contribution in [1.29, 1.82) is 0 Å². The van der Waals surface area contributed by atoms with E-state index in [1.807, 2.05) is 0 Å². The molecule has 0 aromatic carbocycles. The zero-order chi connectivity index (χ0) is 14.9. The summed E-state index contributed by atoms with van der Waals surface area (Å²) in [4.78, 5) is 8.40. The minimum Gasteiger partial charge on any atom is -0.389 e. The Bertz CT molecular complexity index is 570. The van der Waals surface area contributed by atoms with E-state index in [-0.39, 0.29) is 0 Å². The lowest BCUT2D eigenvalue weighted by atomic mass is 9.81. The molecule has 1 atom stereocenters. The van der Waals surface area contributed by atoms with Crippen LogP contribution in [0.4, 0.5) is 11.6 Å². The Morgan fingerprint density at radius 3 is 1.81 bits per heavy atom. The van der Waals surface area contributed by atoms with Gasteiger partial charge in [0.05, 0.1) is 16.1 Å². The van der Waals surface area contributed by atoms with E-state index in [0.29, 0.717) is 28.1 Å². The minimum absolute atomic E-state index is 0.535. The molecule has 0 saturated heterocycles. The summed E-state index contributed by atoms with van der Waals surface area (Å²) in [5.74, 6) is 1.28. The maximum Gasteiger partial charge on any atom is 0.137 e. The lowest BCUT2D eigenvalue weighted by Crippen LogP contribution is -2.63. The maximum atomic E-state index is 10.2. The second kappa shape index (κ2) is 5.67. The quantitative estimate of drug-likeness (QED) is 0.753. The van der Waals surface area contributed by atoms with Crippen molar-refractivity contribution < 1.29 is 5.11 Å². The van der Waals surface area contributed by atoms with Gasteiger partial charge < -0.3 is 15.7 Å². The Kier molecular flexibility index (Phi) is 3.89. The van der Waals surface area contributed by atoms with Gasteiger partial charge in [-0.1, -0.05) is 23.2 Å². The maximum absolute atomic E-state index is 10.2. The van der Waals surface area contributed by atoms with E-state index in [0.717, 1.165) is 6.42 Å². The molecule has 21 heavy (non-hydrogen) atoms. The monoisotopic (exact) mass is 324 g/mol. The Labute approximate surface area is 132 Å². The Morgan fingerprint density at radius 2 is 1.52 bits per heavy atom. The summed E-state index contributed by atoms with van der Waals surface area (Å²) in [5, 5.41) is 17.7. The van der Waals surface area contributed by atoms with Crippen LogP contribution in [0.2, 0.25) is 10.0 Å². The summed E-state index contributed by atoms with van der Waals surface area (Å²) in [7, 11) is 0. The molecule has 3 rings (SSSR count). The molecule has 0 bridgehead atoms. The average Bonchev–Trinajstić information content (AvgIpc) is 2.49. The first-order valence-electron chi connectivity index (χ1n) is 6.55. The van der Waals surface area contributed by atoms with Crippen LogP contribution in [0.25, 0.3) is 0 Å². The van der Waals surface area contributed by atoms with Gasteiger partial charge in [-0.3, -0.25) is 0 Å². The molecule has 1 aliphatic carbocycles. The second-order valence-electron chi connectivity index (χ2n) is 5.00. The van der Waals surface area contributed by atoms with Gasteiger partial charge >= 0.3 is 0 Å². The standard InChI is InChI=1S/C14H14Cl2N4O/c15-9-1-3-12(17-7-9)19-14(6-5-11(14)21)20-13-4-2-10(16)8-18-13/h1-4,7-8,11,21H,5-6H2,(H,17,19)(H,18,20). The molecular formula is C14H14Cl2N4O. The summed E-state index contributed by atoms with van der Waals surface area (Å²) in [6.45, 7) is 0. The van der Waals surface area contributed by atoms with Gasteiger partial charge in [0, 0.05) is 12.4 Å². The largest absolute Gasteiger partial charge is 0.389 e. The summed E-state index contributed by atoms with van der Waals surface area (Å²) in [5.41, 5.74) is -0.679. The Balaban J connectivity index is 1.79. The van der Waals surface area contributed by atoms with Gasteiger partial charge in [0.25, 0.3) is 0 Å². The van der Waals surface area contributed by atoms with Crippen LogP contribution < -0.4 is 10.6 Å². The zero-order valence-electron chi connectivity index (χ0n) is 11.1. The number of aliphatic hydroxyl groups is 1. The average molecular weight is 325 g/mol. The number of rotatable bonds is 4. The van der Waals surface area contributed by atoms with E-state index in [9.17, 15) is 5.11 Å². The molecule has 1 aliphatic rings. The SMILES string of the molecule is OC1CCC1(Nc1ccc(Cl)cn1)Nc1ccc(Cl)cn1. The Hall–Kier alpha value is -1.56. The number of aliphatic hydroxyl groups excluding tert-OH is 1. The van der Waals surface area contributed by atoms with Crippen molar-refractivity contribution >= 4 is 34.8 Å². The van der Waals surface area contributed by atoms with E-state index in [2.05, 4.69) is 20.6 Å². The van der Waals surface area contributed by atoms with Gasteiger partial charge in [0.15, 0.2) is 0 Å². The van der Waals surface area contributed by atoms with Crippen molar-refractivity contribution in [2.75, 3.05) is 10.6 Å². The number of halogens is 2. The molecular weight excluding hydrogens is 311 g/mol. The van der Waals surface area contributed by atoms with E-state index in [4.69, 9.17) is 23.2 Å². The fourth-order valence-corrected chi connectivity index (χ4v) is 2.47. The number of aromatic nitrogens is 2. The minimum atomic E-state index is -0.679. The van der Waals surface area contributed by atoms with Crippen LogP contribution in [0.3, 0.4) is 0 Å². The van der Waals surface area contributed by atoms with Gasteiger partial charge in [-0.15, -0.1) is 0 Å². The van der Waals surface area contributed by atoms with Crippen LogP contribution in [-0.4, -0.2) is 26.8 Å². The third-order valence-electron chi connectivity index (χ3n) is 3.54. The van der Waals surface area contributed by atoms with Crippen LogP contribution in [-0.2, 0) is 0 Å². The molecule has 0 spiro atoms. The van der Waals surface area contributed by atoms with Crippen LogP contribution >= 0.6 is 23.2 Å². The third kappa shape index (κ3) is 3.05. The van der Waals surface area contributed by atoms with E-state index < -0.39 is 11.8 Å². The number of pyridine rings is 2. The van der Waals surface area contributed by atoms with Gasteiger partial charge in [-0.25, -0.2) is 9.97 Å². The van der Waals surface area contributed by atoms with Crippen molar-refractivity contribution in [3.63, 3.8) is 0 Å². The second-order valence-corrected chi connectivity index (χ2v) is 5.87. The van der Waals surface area contributed by atoms with Crippen molar-refractivity contribution in [1.82, 2.24) is 9.97 Å². The van der Waals surface area contributed by atoms with Crippen molar-refractivity contribution in [2.45, 2.75) is 24.6 Å². The molecule has 1 unspecified atom stereocenters. The number of hydrogen-bond acceptors (Lipinski definition) is 5. The summed E-state index contributed by atoms with van der Waals surface area (Å²) >= 11 is 11.7. The molecule has 7 heteroatoms. The first kappa shape index (κ1) is 14.4. The molecule has 0 radical (unpaired) electrons. The lowest BCUT2D eigenvalue weighted by Gasteiger charge is -2.48. The first-order valence-corrected chi connectivity index (χ1v) is 7.30. The van der Waals surface area contributed by atoms with Gasteiger partial charge in [0.1, 0.15) is 17.3 Å². The van der Waals surface area contributed by atoms with E-state index >= 15 is 0 Å². The smallest absolute Gasteiger partial charge is 0.137 e. The number of hydrogen-bond donors (Lipinski definition) is 3. The van der Waals surface area contributed by atoms with Crippen LogP contribution in [0, 0.1) is 0 Å². The predicted molar refractivity (Wildman–Crippen MR) is 83.7 cm³/mol. The highest BCUT2D eigenvalue weighted by atomic mass is 35.5. The number of nitrogens with one attached hydrogen (secondary N) is 2. The molecule has 2 aromatic heterocycles. The fraction of sp³-hybridized carbons (Fsp3) is 0.286. The highest BCUT2D eigenvalue weighted by molar-refractivity contribution is 6.30. The topological polar surface area (TPSA) is 70.1 Å². The highest BCUT2D eigenvalue weighted by Gasteiger charge is 2.46. The molecule has 0 amide bonds. The Morgan fingerprint density at radius 1 is 1.00 bits per heavy atom. The number of anilines is 2. The number of nitrogens with zero attached hydrogens (tertiary/aromatic N) is 2. The summed E-state index contributed by atoms with van der Waals surface area (Å²) in [6.07, 6.45) is 4.04. The van der Waals surface area contributed by atoms with E-state index in [1.54, 1.807) is 36.7 Å². The van der Waals surface area contributed by atoms with Crippen LogP contribution in [0.1, 0.15) is 12.8 Å². The molecule has 0 aliphatic heterocycles. The molecule has 5 nitrogen and oxygen atoms in total. The van der Waals surface area contributed by atoms with Crippen molar-refractivity contribution in [3.05, 3.63) is 46.7 Å². The molecule has 2 heterocycles. The normalized spacial score (nSPS) is 19.7. The summed E-state index contributed by atoms with van der Waals surface area (Å²) in [6, 6.07) is 7.03. The van der Waals surface area contributed by atoms with Gasteiger partial charge in [-0.2, -0.15) is 0 Å². The van der Waals surface area contributed by atoms with Crippen molar-refractivity contribution in [2.24, 2.45) is 0 Å². The third-order valence-corrected chi connectivity index (χ3v) is 3.99.